The highest BCUT2D eigenvalue weighted by molar-refractivity contribution is 5.92. The monoisotopic (exact) mass is 590 g/mol. The lowest BCUT2D eigenvalue weighted by Gasteiger charge is -2.55. The van der Waals surface area contributed by atoms with Gasteiger partial charge in [0.05, 0.1) is 43.5 Å². The molecule has 43 heavy (non-hydrogen) atoms. The molecule has 6 rings (SSSR count). The summed E-state index contributed by atoms with van der Waals surface area (Å²) in [6.45, 7) is 7.05. The number of fused-ring (bicyclic) bond motifs is 2. The molecular weight excluding hydrogens is 544 g/mol. The van der Waals surface area contributed by atoms with E-state index < -0.39 is 11.8 Å². The third kappa shape index (κ3) is 5.79. The fourth-order valence-electron chi connectivity index (χ4n) is 8.47. The molecular formula is C33H46N6O4. The van der Waals surface area contributed by atoms with Gasteiger partial charge in [-0.1, -0.05) is 30.8 Å². The van der Waals surface area contributed by atoms with Gasteiger partial charge in [-0.25, -0.2) is 0 Å². The van der Waals surface area contributed by atoms with Crippen LogP contribution in [0.1, 0.15) is 55.8 Å². The first-order chi connectivity index (χ1) is 20.9. The molecule has 8 atom stereocenters. The Morgan fingerprint density at radius 1 is 1.21 bits per heavy atom. The summed E-state index contributed by atoms with van der Waals surface area (Å²) >= 11 is 0. The van der Waals surface area contributed by atoms with E-state index in [2.05, 4.69) is 58.3 Å². The van der Waals surface area contributed by atoms with Gasteiger partial charge in [0.1, 0.15) is 0 Å². The Bertz CT molecular complexity index is 1250. The lowest BCUT2D eigenvalue weighted by atomic mass is 9.58. The van der Waals surface area contributed by atoms with Gasteiger partial charge in [0.2, 0.25) is 5.91 Å². The van der Waals surface area contributed by atoms with Crippen LogP contribution in [0.3, 0.4) is 0 Å². The normalized spacial score (nSPS) is 36.6. The van der Waals surface area contributed by atoms with E-state index in [4.69, 9.17) is 9.47 Å². The largest absolute Gasteiger partial charge is 0.377 e. The van der Waals surface area contributed by atoms with E-state index in [9.17, 15) is 14.9 Å². The second kappa shape index (κ2) is 12.8. The van der Waals surface area contributed by atoms with Crippen molar-refractivity contribution in [2.75, 3.05) is 46.9 Å². The number of rotatable bonds is 7. The predicted octanol–water partition coefficient (Wildman–Crippen LogP) is 2.18. The van der Waals surface area contributed by atoms with Crippen molar-refractivity contribution in [3.63, 3.8) is 0 Å². The minimum absolute atomic E-state index is 0.0367. The van der Waals surface area contributed by atoms with Crippen LogP contribution in [0.5, 0.6) is 0 Å². The topological polar surface area (TPSA) is 110 Å². The molecule has 0 aromatic heterocycles. The van der Waals surface area contributed by atoms with Crippen LogP contribution in [0.2, 0.25) is 0 Å². The third-order valence-corrected chi connectivity index (χ3v) is 10.9. The third-order valence-electron chi connectivity index (χ3n) is 10.9. The molecule has 3 saturated heterocycles. The summed E-state index contributed by atoms with van der Waals surface area (Å²) in [7, 11) is 3.89. The summed E-state index contributed by atoms with van der Waals surface area (Å²) in [5, 5.41) is 16.9. The van der Waals surface area contributed by atoms with Gasteiger partial charge < -0.3 is 19.3 Å². The standard InChI is InChI=1S/C33H46N6O4/c1-4-28(40)39-17-16-38(20-23(39)12-14-34)31-26-11-13-33(18-22-8-5-6-10-25(22)27(19-33)42-3)30(41)29(26)35-32(36-31)43-21-24-9-7-15-37(24)2/h4-6,8,10,23-24,26-27,29,31-32,35-36H,1,7,9,11-13,15-21H2,2-3H3. The summed E-state index contributed by atoms with van der Waals surface area (Å²) < 4.78 is 12.4. The van der Waals surface area contributed by atoms with Crippen LogP contribution >= 0.6 is 0 Å². The number of nitrogens with zero attached hydrogens (tertiary/aromatic N) is 4. The number of amides is 1. The van der Waals surface area contributed by atoms with E-state index in [1.54, 1.807) is 12.0 Å². The molecule has 232 valence electrons. The number of nitrogens with one attached hydrogen (secondary N) is 2. The number of likely N-dealkylation sites (N-methyl/N-ethyl adjacent to an activating group) is 1. The summed E-state index contributed by atoms with van der Waals surface area (Å²) in [6.07, 6.45) is 6.27. The number of Topliss-reactive ketones (excluding diaryl/α,β-unsaturated/α-hetero) is 1. The van der Waals surface area contributed by atoms with E-state index in [1.807, 2.05) is 6.07 Å². The van der Waals surface area contributed by atoms with Crippen molar-refractivity contribution in [3.05, 3.63) is 48.0 Å². The zero-order valence-electron chi connectivity index (χ0n) is 25.5. The summed E-state index contributed by atoms with van der Waals surface area (Å²) in [5.41, 5.74) is 1.91. The SMILES string of the molecule is C=CC(=O)N1CCN(C2NC(OCC3CCCN3C)NC3C(=O)C4(CCC32)Cc2ccccc2C(OC)C4)CC1CC#N. The quantitative estimate of drug-likeness (QED) is 0.462. The van der Waals surface area contributed by atoms with E-state index in [0.717, 1.165) is 32.2 Å². The second-order valence-corrected chi connectivity index (χ2v) is 13.1. The average molecular weight is 591 g/mol. The van der Waals surface area contributed by atoms with E-state index in [0.29, 0.717) is 38.7 Å². The van der Waals surface area contributed by atoms with Gasteiger partial charge in [0, 0.05) is 44.1 Å². The number of hydrogen-bond acceptors (Lipinski definition) is 9. The number of nitriles is 1. The van der Waals surface area contributed by atoms with Gasteiger partial charge in [-0.05, 0) is 69.3 Å². The van der Waals surface area contributed by atoms with Gasteiger partial charge in [-0.2, -0.15) is 5.26 Å². The number of piperazine rings is 1. The van der Waals surface area contributed by atoms with Gasteiger partial charge in [0.15, 0.2) is 12.1 Å². The Hall–Kier alpha value is -2.65. The van der Waals surface area contributed by atoms with E-state index in [1.165, 1.54) is 23.6 Å². The molecule has 1 aromatic carbocycles. The Morgan fingerprint density at radius 3 is 2.79 bits per heavy atom. The van der Waals surface area contributed by atoms with E-state index >= 15 is 0 Å². The molecule has 1 spiro atoms. The van der Waals surface area contributed by atoms with Crippen molar-refractivity contribution in [3.8, 4) is 6.07 Å². The first-order valence-corrected chi connectivity index (χ1v) is 15.9. The molecule has 5 aliphatic rings. The zero-order valence-corrected chi connectivity index (χ0v) is 25.5. The predicted molar refractivity (Wildman–Crippen MR) is 161 cm³/mol. The number of benzene rings is 1. The minimum Gasteiger partial charge on any atom is -0.377 e. The molecule has 10 heteroatoms. The Labute approximate surface area is 255 Å². The molecule has 3 heterocycles. The maximum Gasteiger partial charge on any atom is 0.246 e. The van der Waals surface area contributed by atoms with Crippen LogP contribution in [-0.4, -0.2) is 104 Å². The number of ketones is 1. The van der Waals surface area contributed by atoms with Crippen LogP contribution in [0.15, 0.2) is 36.9 Å². The van der Waals surface area contributed by atoms with Gasteiger partial charge >= 0.3 is 0 Å². The molecule has 2 aliphatic carbocycles. The van der Waals surface area contributed by atoms with Crippen molar-refractivity contribution < 1.29 is 19.1 Å². The molecule has 8 unspecified atom stereocenters. The number of carbonyl (C=O) groups is 2. The van der Waals surface area contributed by atoms with Crippen LogP contribution in [0.4, 0.5) is 0 Å². The second-order valence-electron chi connectivity index (χ2n) is 13.1. The summed E-state index contributed by atoms with van der Waals surface area (Å²) in [6, 6.07) is 10.4. The first-order valence-electron chi connectivity index (χ1n) is 15.9. The molecule has 1 amide bonds. The number of carbonyl (C=O) groups excluding carboxylic acids is 2. The molecule has 2 N–H and O–H groups in total. The molecule has 0 radical (unpaired) electrons. The molecule has 10 nitrogen and oxygen atoms in total. The average Bonchev–Trinajstić information content (AvgIpc) is 3.45. The molecule has 4 fully saturated rings. The van der Waals surface area contributed by atoms with Crippen LogP contribution in [0.25, 0.3) is 0 Å². The fraction of sp³-hybridized carbons (Fsp3) is 0.667. The lowest BCUT2D eigenvalue weighted by Crippen LogP contribution is -2.74. The molecule has 3 aliphatic heterocycles. The van der Waals surface area contributed by atoms with Gasteiger partial charge in [0.25, 0.3) is 0 Å². The van der Waals surface area contributed by atoms with Crippen LogP contribution in [0, 0.1) is 22.7 Å². The highest BCUT2D eigenvalue weighted by Gasteiger charge is 2.56. The molecule has 1 saturated carbocycles. The zero-order chi connectivity index (χ0) is 30.1. The molecule has 0 bridgehead atoms. The smallest absolute Gasteiger partial charge is 0.246 e. The van der Waals surface area contributed by atoms with Crippen molar-refractivity contribution in [2.45, 2.75) is 81.7 Å². The summed E-state index contributed by atoms with van der Waals surface area (Å²) in [4.78, 5) is 33.7. The minimum atomic E-state index is -0.486. The fourth-order valence-corrected chi connectivity index (χ4v) is 8.47. The number of methoxy groups -OCH3 is 1. The Balaban J connectivity index is 1.26. The highest BCUT2D eigenvalue weighted by Crippen LogP contribution is 2.51. The lowest BCUT2D eigenvalue weighted by molar-refractivity contribution is -0.156. The number of ether oxygens (including phenoxy) is 2. The van der Waals surface area contributed by atoms with Crippen molar-refractivity contribution in [2.24, 2.45) is 11.3 Å². The first kappa shape index (κ1) is 30.4. The Morgan fingerprint density at radius 2 is 2.05 bits per heavy atom. The maximum absolute atomic E-state index is 14.7. The van der Waals surface area contributed by atoms with Crippen molar-refractivity contribution in [1.82, 2.24) is 25.3 Å². The highest BCUT2D eigenvalue weighted by atomic mass is 16.5. The van der Waals surface area contributed by atoms with Gasteiger partial charge in [-0.3, -0.25) is 25.1 Å². The Kier molecular flexibility index (Phi) is 9.01. The molecule has 1 aromatic rings. The number of hydrogen-bond donors (Lipinski definition) is 2. The van der Waals surface area contributed by atoms with Crippen molar-refractivity contribution in [1.29, 1.82) is 5.26 Å². The maximum atomic E-state index is 14.7. The van der Waals surface area contributed by atoms with Crippen LogP contribution in [-0.2, 0) is 25.5 Å². The summed E-state index contributed by atoms with van der Waals surface area (Å²) in [5.74, 6) is 0.153. The number of likely N-dealkylation sites (tertiary alicyclic amines) is 1. The van der Waals surface area contributed by atoms with Crippen molar-refractivity contribution >= 4 is 11.7 Å². The van der Waals surface area contributed by atoms with Crippen LogP contribution < -0.4 is 10.6 Å². The van der Waals surface area contributed by atoms with Gasteiger partial charge in [-0.15, -0.1) is 0 Å². The van der Waals surface area contributed by atoms with E-state index in [-0.39, 0.29) is 48.4 Å².